The molecule has 0 unspecified atom stereocenters. The Hall–Kier alpha value is -2.18. The average molecular weight is 318 g/mol. The van der Waals surface area contributed by atoms with Crippen LogP contribution in [0.25, 0.3) is 0 Å². The van der Waals surface area contributed by atoms with Gasteiger partial charge < -0.3 is 4.90 Å². The summed E-state index contributed by atoms with van der Waals surface area (Å²) in [4.78, 5) is 6.39. The highest BCUT2D eigenvalue weighted by Crippen LogP contribution is 2.28. The summed E-state index contributed by atoms with van der Waals surface area (Å²) in [7, 11) is -1.95. The second kappa shape index (κ2) is 6.72. The van der Waals surface area contributed by atoms with Crippen LogP contribution in [-0.2, 0) is 10.1 Å². The fourth-order valence-electron chi connectivity index (χ4n) is 1.97. The molecule has 0 aromatic heterocycles. The fraction of sp³-hybridized carbons (Fsp3) is 0.188. The monoisotopic (exact) mass is 318 g/mol. The summed E-state index contributed by atoms with van der Waals surface area (Å²) in [5.74, 6) is 0. The van der Waals surface area contributed by atoms with Crippen molar-refractivity contribution in [3.63, 3.8) is 0 Å². The van der Waals surface area contributed by atoms with Crippen LogP contribution in [0.15, 0.2) is 58.4 Å². The van der Waals surface area contributed by atoms with E-state index in [1.165, 1.54) is 17.8 Å². The summed E-state index contributed by atoms with van der Waals surface area (Å²) in [6, 6.07) is 14.2. The quantitative estimate of drug-likeness (QED) is 0.820. The molecule has 0 spiro atoms. The number of anilines is 1. The van der Waals surface area contributed by atoms with Gasteiger partial charge in [0.05, 0.1) is 22.8 Å². The molecule has 1 N–H and O–H groups in total. The van der Waals surface area contributed by atoms with E-state index in [2.05, 4.69) is 23.0 Å². The number of benzene rings is 2. The molecular formula is C16H18N2O3S. The Balaban J connectivity index is 0.000000160. The van der Waals surface area contributed by atoms with Gasteiger partial charge >= 0.3 is 0 Å². The third-order valence-electron chi connectivity index (χ3n) is 3.20. The molecule has 0 amide bonds. The lowest BCUT2D eigenvalue weighted by Gasteiger charge is -2.21. The van der Waals surface area contributed by atoms with Crippen molar-refractivity contribution >= 4 is 27.7 Å². The Labute approximate surface area is 130 Å². The van der Waals surface area contributed by atoms with E-state index >= 15 is 0 Å². The lowest BCUT2D eigenvalue weighted by Crippen LogP contribution is -2.21. The molecule has 1 aliphatic heterocycles. The summed E-state index contributed by atoms with van der Waals surface area (Å²) in [6.45, 7) is 2.75. The van der Waals surface area contributed by atoms with E-state index in [4.69, 9.17) is 4.55 Å². The highest BCUT2D eigenvalue weighted by atomic mass is 32.2. The molecule has 0 fully saturated rings. The first-order valence-corrected chi connectivity index (χ1v) is 8.19. The van der Waals surface area contributed by atoms with Gasteiger partial charge in [0.2, 0.25) is 0 Å². The second-order valence-corrected chi connectivity index (χ2v) is 6.39. The minimum absolute atomic E-state index is 0.0666. The number of fused-ring (bicyclic) bond motifs is 1. The number of aryl methyl sites for hydroxylation is 1. The van der Waals surface area contributed by atoms with Gasteiger partial charge in [-0.05, 0) is 31.2 Å². The number of rotatable bonds is 1. The Morgan fingerprint density at radius 1 is 1.09 bits per heavy atom. The Bertz CT molecular complexity index is 768. The molecule has 22 heavy (non-hydrogen) atoms. The van der Waals surface area contributed by atoms with Crippen LogP contribution in [0, 0.1) is 6.92 Å². The van der Waals surface area contributed by atoms with Crippen LogP contribution in [0.1, 0.15) is 5.56 Å². The van der Waals surface area contributed by atoms with Gasteiger partial charge in [0.25, 0.3) is 10.1 Å². The van der Waals surface area contributed by atoms with Crippen LogP contribution in [0.4, 0.5) is 11.4 Å². The van der Waals surface area contributed by atoms with Gasteiger partial charge in [0.15, 0.2) is 0 Å². The van der Waals surface area contributed by atoms with E-state index in [1.807, 2.05) is 31.3 Å². The fourth-order valence-corrected chi connectivity index (χ4v) is 2.45. The van der Waals surface area contributed by atoms with Crippen molar-refractivity contribution in [1.29, 1.82) is 0 Å². The van der Waals surface area contributed by atoms with Gasteiger partial charge in [-0.2, -0.15) is 8.42 Å². The summed E-state index contributed by atoms with van der Waals surface area (Å²) in [5, 5.41) is 0. The lowest BCUT2D eigenvalue weighted by molar-refractivity contribution is 0.483. The molecule has 1 heterocycles. The third-order valence-corrected chi connectivity index (χ3v) is 4.07. The van der Waals surface area contributed by atoms with Gasteiger partial charge in [-0.25, -0.2) is 0 Å². The standard InChI is InChI=1S/C9H10N2.C7H8O3S/c1-11-7-6-10-8-4-2-3-5-9(8)11;1-6-2-4-7(5-3-6)11(8,9)10/h2-6H,7H2,1H3;2-5H,1H3,(H,8,9,10). The zero-order valence-corrected chi connectivity index (χ0v) is 13.3. The third kappa shape index (κ3) is 4.16. The molecule has 6 heteroatoms. The molecule has 0 saturated carbocycles. The minimum atomic E-state index is -4.02. The molecule has 2 aromatic carbocycles. The topological polar surface area (TPSA) is 70.0 Å². The largest absolute Gasteiger partial charge is 0.368 e. The van der Waals surface area contributed by atoms with E-state index in [0.717, 1.165) is 17.8 Å². The number of aliphatic imine (C=N–C) groups is 1. The number of para-hydroxylation sites is 2. The van der Waals surface area contributed by atoms with Crippen LogP contribution < -0.4 is 4.90 Å². The number of nitrogens with zero attached hydrogens (tertiary/aromatic N) is 2. The van der Waals surface area contributed by atoms with Crippen LogP contribution in [0.2, 0.25) is 0 Å². The van der Waals surface area contributed by atoms with Crippen molar-refractivity contribution in [3.05, 3.63) is 54.1 Å². The lowest BCUT2D eigenvalue weighted by atomic mass is 10.2. The first kappa shape index (κ1) is 16.2. The highest BCUT2D eigenvalue weighted by Gasteiger charge is 2.08. The van der Waals surface area contributed by atoms with Gasteiger partial charge in [0.1, 0.15) is 0 Å². The number of hydrogen-bond acceptors (Lipinski definition) is 4. The van der Waals surface area contributed by atoms with Crippen LogP contribution >= 0.6 is 0 Å². The van der Waals surface area contributed by atoms with E-state index in [9.17, 15) is 8.42 Å². The van der Waals surface area contributed by atoms with Crippen molar-refractivity contribution in [2.24, 2.45) is 4.99 Å². The Kier molecular flexibility index (Phi) is 4.95. The molecule has 0 atom stereocenters. The van der Waals surface area contributed by atoms with Crippen LogP contribution in [0.5, 0.6) is 0 Å². The maximum atomic E-state index is 10.5. The van der Waals surface area contributed by atoms with E-state index in [1.54, 1.807) is 12.1 Å². The van der Waals surface area contributed by atoms with Crippen molar-refractivity contribution in [3.8, 4) is 0 Å². The first-order chi connectivity index (χ1) is 10.4. The van der Waals surface area contributed by atoms with Crippen molar-refractivity contribution in [1.82, 2.24) is 0 Å². The highest BCUT2D eigenvalue weighted by molar-refractivity contribution is 7.85. The van der Waals surface area contributed by atoms with Crippen LogP contribution in [0.3, 0.4) is 0 Å². The summed E-state index contributed by atoms with van der Waals surface area (Å²) in [5.41, 5.74) is 3.24. The molecule has 0 radical (unpaired) electrons. The zero-order valence-electron chi connectivity index (χ0n) is 12.5. The maximum Gasteiger partial charge on any atom is 0.294 e. The Morgan fingerprint density at radius 2 is 1.73 bits per heavy atom. The molecule has 0 aliphatic carbocycles. The van der Waals surface area contributed by atoms with E-state index < -0.39 is 10.1 Å². The maximum absolute atomic E-state index is 10.5. The zero-order chi connectivity index (χ0) is 16.2. The van der Waals surface area contributed by atoms with Crippen molar-refractivity contribution in [2.75, 3.05) is 18.5 Å². The van der Waals surface area contributed by atoms with Gasteiger partial charge in [-0.15, -0.1) is 0 Å². The average Bonchev–Trinajstić information content (AvgIpc) is 2.48. The number of hydrogen-bond donors (Lipinski definition) is 1. The van der Waals surface area contributed by atoms with Crippen molar-refractivity contribution in [2.45, 2.75) is 11.8 Å². The van der Waals surface area contributed by atoms with Crippen molar-refractivity contribution < 1.29 is 13.0 Å². The normalized spacial score (nSPS) is 13.1. The smallest absolute Gasteiger partial charge is 0.294 e. The van der Waals surface area contributed by atoms with Crippen LogP contribution in [-0.4, -0.2) is 32.8 Å². The molecular weight excluding hydrogens is 300 g/mol. The molecule has 1 aliphatic rings. The van der Waals surface area contributed by atoms with E-state index in [-0.39, 0.29) is 4.90 Å². The second-order valence-electron chi connectivity index (χ2n) is 4.97. The molecule has 3 rings (SSSR count). The summed E-state index contributed by atoms with van der Waals surface area (Å²) < 4.78 is 29.6. The minimum Gasteiger partial charge on any atom is -0.368 e. The Morgan fingerprint density at radius 3 is 2.32 bits per heavy atom. The molecule has 0 saturated heterocycles. The predicted octanol–water partition coefficient (Wildman–Crippen LogP) is 3.08. The van der Waals surface area contributed by atoms with E-state index in [0.29, 0.717) is 0 Å². The SMILES string of the molecule is CN1CC=Nc2ccccc21.Cc1ccc(S(=O)(=O)O)cc1. The molecule has 2 aromatic rings. The van der Waals surface area contributed by atoms with Gasteiger partial charge in [-0.3, -0.25) is 9.55 Å². The molecule has 116 valence electrons. The molecule has 0 bridgehead atoms. The predicted molar refractivity (Wildman–Crippen MR) is 88.9 cm³/mol. The summed E-state index contributed by atoms with van der Waals surface area (Å²) >= 11 is 0. The molecule has 5 nitrogen and oxygen atoms in total. The van der Waals surface area contributed by atoms with Gasteiger partial charge in [-0.1, -0.05) is 29.8 Å². The van der Waals surface area contributed by atoms with Gasteiger partial charge in [0, 0.05) is 13.3 Å². The summed E-state index contributed by atoms with van der Waals surface area (Å²) in [6.07, 6.45) is 1.93. The first-order valence-electron chi connectivity index (χ1n) is 6.75.